The summed E-state index contributed by atoms with van der Waals surface area (Å²) in [5, 5.41) is 3.56. The van der Waals surface area contributed by atoms with Gasteiger partial charge in [0, 0.05) is 42.9 Å². The van der Waals surface area contributed by atoms with Crippen molar-refractivity contribution < 1.29 is 4.79 Å². The van der Waals surface area contributed by atoms with E-state index in [0.717, 1.165) is 37.9 Å². The van der Waals surface area contributed by atoms with Crippen molar-refractivity contribution in [2.24, 2.45) is 0 Å². The van der Waals surface area contributed by atoms with E-state index in [1.807, 2.05) is 17.0 Å². The Morgan fingerprint density at radius 3 is 2.52 bits per heavy atom. The summed E-state index contributed by atoms with van der Waals surface area (Å²) < 4.78 is 0. The largest absolute Gasteiger partial charge is 0.322 e. The number of hydrogen-bond acceptors (Lipinski definition) is 2. The second kappa shape index (κ2) is 6.67. The van der Waals surface area contributed by atoms with Gasteiger partial charge in [-0.2, -0.15) is 0 Å². The zero-order valence-corrected chi connectivity index (χ0v) is 13.0. The SMILES string of the molecule is O=C(Nc1cccc(Cl)c1)N1CCN(C2CCCC2)CC1. The molecule has 0 radical (unpaired) electrons. The number of nitrogens with one attached hydrogen (secondary N) is 1. The Labute approximate surface area is 131 Å². The van der Waals surface area contributed by atoms with Crippen LogP contribution in [0.1, 0.15) is 25.7 Å². The molecule has 1 aliphatic heterocycles. The molecule has 1 saturated heterocycles. The predicted octanol–water partition coefficient (Wildman–Crippen LogP) is 3.43. The van der Waals surface area contributed by atoms with Crippen molar-refractivity contribution in [2.75, 3.05) is 31.5 Å². The predicted molar refractivity (Wildman–Crippen MR) is 85.9 cm³/mol. The van der Waals surface area contributed by atoms with E-state index < -0.39 is 0 Å². The maximum absolute atomic E-state index is 12.3. The number of urea groups is 1. The van der Waals surface area contributed by atoms with Gasteiger partial charge in [-0.1, -0.05) is 30.5 Å². The second-order valence-corrected chi connectivity index (χ2v) is 6.34. The average molecular weight is 308 g/mol. The molecule has 1 saturated carbocycles. The van der Waals surface area contributed by atoms with Crippen molar-refractivity contribution in [2.45, 2.75) is 31.7 Å². The lowest BCUT2D eigenvalue weighted by Gasteiger charge is -2.38. The summed E-state index contributed by atoms with van der Waals surface area (Å²) in [5.41, 5.74) is 0.755. The molecule has 4 nitrogen and oxygen atoms in total. The molecule has 1 aromatic carbocycles. The molecule has 0 bridgehead atoms. The summed E-state index contributed by atoms with van der Waals surface area (Å²) in [4.78, 5) is 16.7. The molecule has 1 N–H and O–H groups in total. The number of halogens is 1. The van der Waals surface area contributed by atoms with E-state index in [2.05, 4.69) is 10.2 Å². The molecule has 2 aliphatic rings. The van der Waals surface area contributed by atoms with E-state index in [0.29, 0.717) is 5.02 Å². The van der Waals surface area contributed by atoms with Gasteiger partial charge in [-0.15, -0.1) is 0 Å². The van der Waals surface area contributed by atoms with Crippen LogP contribution in [0.5, 0.6) is 0 Å². The molecule has 21 heavy (non-hydrogen) atoms. The van der Waals surface area contributed by atoms with Gasteiger partial charge in [0.15, 0.2) is 0 Å². The third-order valence-corrected chi connectivity index (χ3v) is 4.75. The molecule has 5 heteroatoms. The van der Waals surface area contributed by atoms with Gasteiger partial charge in [0.25, 0.3) is 0 Å². The van der Waals surface area contributed by atoms with E-state index in [4.69, 9.17) is 11.6 Å². The molecule has 1 aliphatic carbocycles. The van der Waals surface area contributed by atoms with Crippen LogP contribution in [-0.2, 0) is 0 Å². The number of rotatable bonds is 2. The molecule has 3 rings (SSSR count). The van der Waals surface area contributed by atoms with E-state index in [1.54, 1.807) is 12.1 Å². The van der Waals surface area contributed by atoms with Crippen LogP contribution in [0, 0.1) is 0 Å². The van der Waals surface area contributed by atoms with Crippen molar-refractivity contribution in [1.82, 2.24) is 9.80 Å². The van der Waals surface area contributed by atoms with Crippen LogP contribution in [0.4, 0.5) is 10.5 Å². The number of amides is 2. The first-order valence-corrected chi connectivity index (χ1v) is 8.16. The summed E-state index contributed by atoms with van der Waals surface area (Å²) in [7, 11) is 0. The third kappa shape index (κ3) is 3.69. The average Bonchev–Trinajstić information content (AvgIpc) is 3.01. The normalized spacial score (nSPS) is 20.7. The van der Waals surface area contributed by atoms with Gasteiger partial charge >= 0.3 is 6.03 Å². The molecule has 1 aromatic rings. The highest BCUT2D eigenvalue weighted by molar-refractivity contribution is 6.30. The molecule has 114 valence electrons. The molecule has 0 unspecified atom stereocenters. The van der Waals surface area contributed by atoms with E-state index in [1.165, 1.54) is 25.7 Å². The number of anilines is 1. The minimum Gasteiger partial charge on any atom is -0.322 e. The van der Waals surface area contributed by atoms with Crippen molar-refractivity contribution in [3.8, 4) is 0 Å². The van der Waals surface area contributed by atoms with Crippen LogP contribution < -0.4 is 5.32 Å². The van der Waals surface area contributed by atoms with Crippen LogP contribution in [0.25, 0.3) is 0 Å². The standard InChI is InChI=1S/C16H22ClN3O/c17-13-4-3-5-14(12-13)18-16(21)20-10-8-19(9-11-20)15-6-1-2-7-15/h3-5,12,15H,1-2,6-11H2,(H,18,21). The van der Waals surface area contributed by atoms with Gasteiger partial charge < -0.3 is 10.2 Å². The Morgan fingerprint density at radius 2 is 1.86 bits per heavy atom. The van der Waals surface area contributed by atoms with Crippen LogP contribution in [-0.4, -0.2) is 48.1 Å². The Bertz CT molecular complexity index is 494. The molecule has 1 heterocycles. The first-order valence-electron chi connectivity index (χ1n) is 7.78. The van der Waals surface area contributed by atoms with E-state index in [-0.39, 0.29) is 6.03 Å². The first-order chi connectivity index (χ1) is 10.2. The van der Waals surface area contributed by atoms with Gasteiger partial charge in [0.1, 0.15) is 0 Å². The molecule has 0 atom stereocenters. The number of hydrogen-bond donors (Lipinski definition) is 1. The minimum absolute atomic E-state index is 0.0247. The van der Waals surface area contributed by atoms with Crippen molar-refractivity contribution in [3.63, 3.8) is 0 Å². The number of nitrogens with zero attached hydrogens (tertiary/aromatic N) is 2. The highest BCUT2D eigenvalue weighted by Gasteiger charge is 2.27. The van der Waals surface area contributed by atoms with Gasteiger partial charge in [0.05, 0.1) is 0 Å². The van der Waals surface area contributed by atoms with E-state index >= 15 is 0 Å². The molecule has 2 fully saturated rings. The number of carbonyl (C=O) groups is 1. The lowest BCUT2D eigenvalue weighted by molar-refractivity contribution is 0.115. The van der Waals surface area contributed by atoms with Crippen molar-refractivity contribution >= 4 is 23.3 Å². The Morgan fingerprint density at radius 1 is 1.14 bits per heavy atom. The van der Waals surface area contributed by atoms with Crippen LogP contribution in [0.3, 0.4) is 0 Å². The fraction of sp³-hybridized carbons (Fsp3) is 0.562. The van der Waals surface area contributed by atoms with Crippen LogP contribution in [0.2, 0.25) is 5.02 Å². The summed E-state index contributed by atoms with van der Waals surface area (Å²) in [6.45, 7) is 3.60. The molecule has 2 amide bonds. The van der Waals surface area contributed by atoms with Gasteiger partial charge in [0.2, 0.25) is 0 Å². The highest BCUT2D eigenvalue weighted by Crippen LogP contribution is 2.24. The van der Waals surface area contributed by atoms with Gasteiger partial charge in [-0.3, -0.25) is 4.90 Å². The Hall–Kier alpha value is -1.26. The topological polar surface area (TPSA) is 35.6 Å². The van der Waals surface area contributed by atoms with Crippen LogP contribution in [0.15, 0.2) is 24.3 Å². The van der Waals surface area contributed by atoms with Gasteiger partial charge in [-0.25, -0.2) is 4.79 Å². The number of carbonyl (C=O) groups excluding carboxylic acids is 1. The third-order valence-electron chi connectivity index (χ3n) is 4.52. The van der Waals surface area contributed by atoms with E-state index in [9.17, 15) is 4.79 Å². The second-order valence-electron chi connectivity index (χ2n) is 5.90. The zero-order chi connectivity index (χ0) is 14.7. The molecular weight excluding hydrogens is 286 g/mol. The monoisotopic (exact) mass is 307 g/mol. The maximum atomic E-state index is 12.3. The highest BCUT2D eigenvalue weighted by atomic mass is 35.5. The Balaban J connectivity index is 1.50. The zero-order valence-electron chi connectivity index (χ0n) is 12.2. The van der Waals surface area contributed by atoms with Crippen molar-refractivity contribution in [1.29, 1.82) is 0 Å². The molecular formula is C16H22ClN3O. The molecule has 0 aromatic heterocycles. The summed E-state index contributed by atoms with van der Waals surface area (Å²) in [6, 6.07) is 8.01. The summed E-state index contributed by atoms with van der Waals surface area (Å²) >= 11 is 5.93. The number of benzene rings is 1. The first kappa shape index (κ1) is 14.7. The summed E-state index contributed by atoms with van der Waals surface area (Å²) in [5.74, 6) is 0. The molecule has 0 spiro atoms. The summed E-state index contributed by atoms with van der Waals surface area (Å²) in [6.07, 6.45) is 5.38. The lowest BCUT2D eigenvalue weighted by atomic mass is 10.2. The Kier molecular flexibility index (Phi) is 4.66. The van der Waals surface area contributed by atoms with Crippen LogP contribution >= 0.6 is 11.6 Å². The quantitative estimate of drug-likeness (QED) is 0.908. The lowest BCUT2D eigenvalue weighted by Crippen LogP contribution is -2.52. The van der Waals surface area contributed by atoms with Gasteiger partial charge in [-0.05, 0) is 31.0 Å². The smallest absolute Gasteiger partial charge is 0.321 e. The van der Waals surface area contributed by atoms with Crippen molar-refractivity contribution in [3.05, 3.63) is 29.3 Å². The maximum Gasteiger partial charge on any atom is 0.321 e. The minimum atomic E-state index is -0.0247. The fourth-order valence-electron chi connectivity index (χ4n) is 3.33. The fourth-order valence-corrected chi connectivity index (χ4v) is 3.52. The number of piperazine rings is 1.